The first-order valence-electron chi connectivity index (χ1n) is 32.1. The molecule has 2 N–H and O–H groups in total. The van der Waals surface area contributed by atoms with Gasteiger partial charge in [0.15, 0.2) is 17.4 Å². The molecule has 2 aliphatic heterocycles. The molecule has 2 rings (SSSR count). The van der Waals surface area contributed by atoms with Crippen molar-refractivity contribution in [3.63, 3.8) is 0 Å². The Hall–Kier alpha value is -1.04. The van der Waals surface area contributed by atoms with Gasteiger partial charge in [-0.3, -0.25) is 44.7 Å². The van der Waals surface area contributed by atoms with Crippen molar-refractivity contribution < 1.29 is 143 Å². The third-order valence-corrected chi connectivity index (χ3v) is 5.83. The molecule has 63 heavy (non-hydrogen) atoms. The summed E-state index contributed by atoms with van der Waals surface area (Å²) in [5, 5.41) is 36.6. The van der Waals surface area contributed by atoms with Crippen molar-refractivity contribution in [2.24, 2.45) is 23.7 Å². The van der Waals surface area contributed by atoms with Crippen LogP contribution in [0.2, 0.25) is 0 Å². The average Bonchev–Trinajstić information content (AvgIpc) is 3.56. The minimum atomic E-state index is -3.32. The first-order valence-corrected chi connectivity index (χ1v) is 15.5. The number of rotatable bonds is 10. The summed E-state index contributed by atoms with van der Waals surface area (Å²) < 4.78 is 245. The third kappa shape index (κ3) is 45.9. The zero-order valence-electron chi connectivity index (χ0n) is 69.8. The SMILES string of the molecule is CC(C)[N+](=O)[O-].Cl.Cl.S.[2H]C([2H])([2H])OC(=O)C(=C)C([2H])([2H])[2H].[2H]C([2H])([2H])OC(=O)C(C([2H])([2H])[2H])C([2H])([2H])C(C)(C)[N+](=O)[O-].[2H]C([2H])([2H])OC(=O)[C@@H](C([2H])([2H])[2H])C([2H])([2H])C(C)(C)[N+](=O)[O-].[2H]C([2H])([2H])[C@@H]1C(=O)NC(C)(C)C1([2H])[2H].[2H]C([2H])([2H])[C@@H]1CNC(C)(C)C1([2H])[2H].[2H][B].[AlH3].[H-].[Li+].[U]. The normalized spacial score (nSPS) is 27.7. The van der Waals surface area contributed by atoms with E-state index in [1.54, 1.807) is 27.7 Å². The summed E-state index contributed by atoms with van der Waals surface area (Å²) in [6.45, 7) is 1.60. The maximum absolute atomic E-state index is 11.7. The molecule has 0 saturated carbocycles. The molecule has 2 radical (unpaired) electrons. The minimum Gasteiger partial charge on any atom is -1.00 e. The number of nitrogens with zero attached hydrogens (tertiary/aromatic N) is 3. The number of halogens is 2. The fraction of sp³-hybridized carbons (Fsp3) is 0.842. The van der Waals surface area contributed by atoms with Gasteiger partial charge in [-0.05, 0) is 61.1 Å². The summed E-state index contributed by atoms with van der Waals surface area (Å²) in [7, 11) is -5.75. The van der Waals surface area contributed by atoms with Crippen LogP contribution in [-0.2, 0) is 33.4 Å². The molecule has 368 valence electrons. The Morgan fingerprint density at radius 3 is 1.49 bits per heavy atom. The van der Waals surface area contributed by atoms with E-state index in [2.05, 4.69) is 39.8 Å². The van der Waals surface area contributed by atoms with Crippen LogP contribution >= 0.6 is 38.3 Å². The Labute approximate surface area is 492 Å². The fourth-order valence-corrected chi connectivity index (χ4v) is 2.85. The van der Waals surface area contributed by atoms with Crippen molar-refractivity contribution in [1.29, 1.82) is 1.34 Å². The smallest absolute Gasteiger partial charge is 1.00 e. The Balaban J connectivity index is -0.0000000899. The van der Waals surface area contributed by atoms with Gasteiger partial charge in [0.1, 0.15) is 0 Å². The standard InChI is InChI=1S/2C8H15NO4.C7H13NO.C7H15N.C5H8O2.C3H7NO2.Al.BH.2ClH.Li.H2S.U.4H/c2*1-6(7(10)13-4)5-8(2,3)9(11)12;1-5-4-7(2,3)8-6(5)9;1-6-4-7(2,3)8-5-6;1-4(2)5(6)7-3;1-3(2)4(5)6;;;;;;;;;;;/h2*6H,5H2,1-4H3;5H,4H2,1-3H3,(H,8,9);6,8H,4-5H2,1-3H3;1H2,2-3H3;3H,1-2H3;;3*1H;;1H2;;;;;/q;;;;;;;;;;+1;;;;;;-1/t6-;;5-;6-;;;;;;;;;;;;;/m0.00............./s1/i2*1D3,4D3,5D2;2*1D3,4D2;2D3,3D3;;;1D;;;;;;;;;. The van der Waals surface area contributed by atoms with E-state index in [0.717, 1.165) is 27.7 Å². The predicted molar refractivity (Wildman–Crippen MR) is 258 cm³/mol. The summed E-state index contributed by atoms with van der Waals surface area (Å²) in [6, 6.07) is -0.426. The molecule has 1 amide bonds. The maximum atomic E-state index is 11.7. The van der Waals surface area contributed by atoms with Gasteiger partial charge in [0.25, 0.3) is 0 Å². The number of methoxy groups -OCH3 is 3. The first kappa shape index (κ1) is 32.7. The molecule has 1 unspecified atom stereocenters. The van der Waals surface area contributed by atoms with Crippen LogP contribution in [0.3, 0.4) is 0 Å². The van der Waals surface area contributed by atoms with Gasteiger partial charge in [-0.2, -0.15) is 13.5 Å². The number of hydrogen-bond donors (Lipinski definition) is 2. The first-order chi connectivity index (χ1) is 38.7. The van der Waals surface area contributed by atoms with E-state index < -0.39 is 172 Å². The van der Waals surface area contributed by atoms with E-state index in [1.807, 2.05) is 0 Å². The topological polar surface area (TPSA) is 249 Å². The molecule has 2 saturated heterocycles. The molecule has 0 spiro atoms. The molecule has 0 bridgehead atoms. The van der Waals surface area contributed by atoms with Crippen LogP contribution in [-0.4, -0.2) is 122 Å². The number of hydrogen-bond acceptors (Lipinski definition) is 14. The van der Waals surface area contributed by atoms with Gasteiger partial charge in [-0.1, -0.05) is 34.0 Å². The second kappa shape index (κ2) is 42.3. The van der Waals surface area contributed by atoms with E-state index in [9.17, 15) is 49.5 Å². The van der Waals surface area contributed by atoms with Crippen molar-refractivity contribution in [1.82, 2.24) is 10.6 Å². The van der Waals surface area contributed by atoms with Crippen LogP contribution in [0, 0.1) is 85.1 Å². The van der Waals surface area contributed by atoms with Gasteiger partial charge in [0.2, 0.25) is 23.0 Å². The molecule has 0 aromatic carbocycles. The average molecular weight is 1240 g/mol. The van der Waals surface area contributed by atoms with Gasteiger partial charge in [-0.15, -0.1) is 24.8 Å². The van der Waals surface area contributed by atoms with Gasteiger partial charge in [-0.25, -0.2) is 4.79 Å². The zero-order valence-corrected chi connectivity index (χ0v) is 42.6. The van der Waals surface area contributed by atoms with Gasteiger partial charge < -0.3 is 26.3 Å². The van der Waals surface area contributed by atoms with E-state index in [4.69, 9.17) is 45.2 Å². The molecule has 4 atom stereocenters. The Morgan fingerprint density at radius 1 is 0.905 bits per heavy atom. The fourth-order valence-electron chi connectivity index (χ4n) is 2.85. The summed E-state index contributed by atoms with van der Waals surface area (Å²) in [5.74, 6) is -13.7. The van der Waals surface area contributed by atoms with Crippen LogP contribution in [0.1, 0.15) is 174 Å². The number of nitro groups is 3. The van der Waals surface area contributed by atoms with E-state index in [-0.39, 0.29) is 119 Å². The molecule has 2 fully saturated rings. The van der Waals surface area contributed by atoms with E-state index in [0.29, 0.717) is 0 Å². The summed E-state index contributed by atoms with van der Waals surface area (Å²) >= 11 is 0. The van der Waals surface area contributed by atoms with E-state index >= 15 is 0 Å². The zero-order chi connectivity index (χ0) is 74.7. The molecule has 18 nitrogen and oxygen atoms in total. The van der Waals surface area contributed by atoms with Gasteiger partial charge in [0.05, 0.1) is 45.3 Å². The number of esters is 3. The Morgan fingerprint density at radius 2 is 1.30 bits per heavy atom. The maximum Gasteiger partial charge on any atom is 1.00 e. The molecule has 0 aromatic heterocycles. The molecular formula is C38H82AlBCl2LiN5O13SU. The molecule has 0 aliphatic carbocycles. The third-order valence-electron chi connectivity index (χ3n) is 5.83. The van der Waals surface area contributed by atoms with Crippen molar-refractivity contribution in [2.45, 2.75) is 157 Å². The van der Waals surface area contributed by atoms with E-state index in [1.165, 1.54) is 13.8 Å². The van der Waals surface area contributed by atoms with Crippen molar-refractivity contribution in [3.8, 4) is 0 Å². The predicted octanol–water partition coefficient (Wildman–Crippen LogP) is 2.44. The Bertz CT molecular complexity index is 2410. The molecule has 2 aliphatic rings. The summed E-state index contributed by atoms with van der Waals surface area (Å²) in [6.07, 6.45) is -10.1. The monoisotopic (exact) mass is 1230 g/mol. The van der Waals surface area contributed by atoms with Gasteiger partial charge in [0, 0.05) is 163 Å². The number of amides is 1. The quantitative estimate of drug-likeness (QED) is 0.0797. The second-order valence-corrected chi connectivity index (χ2v) is 13.3. The number of carbonyl (C=O) groups is 4. The van der Waals surface area contributed by atoms with Crippen molar-refractivity contribution in [2.75, 3.05) is 27.7 Å². The van der Waals surface area contributed by atoms with Crippen LogP contribution in [0.4, 0.5) is 0 Å². The second-order valence-electron chi connectivity index (χ2n) is 13.3. The summed E-state index contributed by atoms with van der Waals surface area (Å²) in [5.41, 5.74) is -7.65. The molecule has 25 heteroatoms. The van der Waals surface area contributed by atoms with Crippen molar-refractivity contribution >= 4 is 87.9 Å². The van der Waals surface area contributed by atoms with Crippen LogP contribution < -0.4 is 29.5 Å². The number of ether oxygens (including phenoxy) is 3. The summed E-state index contributed by atoms with van der Waals surface area (Å²) in [4.78, 5) is 74.4. The minimum absolute atomic E-state index is 0. The largest absolute Gasteiger partial charge is 1.00 e. The Kier molecular flexibility index (Phi) is 21.9. The number of carbonyl (C=O) groups excluding carboxylic acids is 4. The van der Waals surface area contributed by atoms with Gasteiger partial charge >= 0.3 is 36.8 Å². The molecule has 0 aromatic rings. The number of nitrogens with one attached hydrogen (secondary N) is 2. The van der Waals surface area contributed by atoms with Crippen LogP contribution in [0.15, 0.2) is 12.2 Å². The van der Waals surface area contributed by atoms with Crippen LogP contribution in [0.5, 0.6) is 0 Å². The molecular weight excluding hydrogens is 1120 g/mol. The van der Waals surface area contributed by atoms with Crippen molar-refractivity contribution in [3.05, 3.63) is 42.5 Å². The molecule has 2 heterocycles. The van der Waals surface area contributed by atoms with Crippen LogP contribution in [0.25, 0.3) is 0 Å².